The van der Waals surface area contributed by atoms with Gasteiger partial charge in [-0.2, -0.15) is 0 Å². The number of esters is 2. The zero-order valence-electron chi connectivity index (χ0n) is 17.6. The fraction of sp³-hybridized carbons (Fsp3) is 0.120. The molecule has 0 aromatic heterocycles. The van der Waals surface area contributed by atoms with Crippen LogP contribution in [0.1, 0.15) is 26.3 Å². The Balaban J connectivity index is 1.90. The number of nitrogens with one attached hydrogen (secondary N) is 1. The molecule has 0 saturated heterocycles. The average molecular weight is 447 g/mol. The van der Waals surface area contributed by atoms with Gasteiger partial charge in [-0.25, -0.2) is 14.4 Å². The van der Waals surface area contributed by atoms with Crippen LogP contribution in [0.2, 0.25) is 0 Å². The summed E-state index contributed by atoms with van der Waals surface area (Å²) in [5, 5.41) is 12.3. The van der Waals surface area contributed by atoms with Crippen molar-refractivity contribution in [3.05, 3.63) is 102 Å². The molecule has 3 rings (SSSR count). The third-order valence-electron chi connectivity index (χ3n) is 4.55. The largest absolute Gasteiger partial charge is 0.478 e. The second-order valence-electron chi connectivity index (χ2n) is 7.08. The van der Waals surface area contributed by atoms with Crippen LogP contribution < -0.4 is 5.32 Å². The van der Waals surface area contributed by atoms with E-state index in [2.05, 4.69) is 5.32 Å². The van der Waals surface area contributed by atoms with E-state index in [1.807, 2.05) is 13.0 Å². The van der Waals surface area contributed by atoms with E-state index in [4.69, 9.17) is 9.47 Å². The summed E-state index contributed by atoms with van der Waals surface area (Å²) in [5.41, 5.74) is 1.38. The summed E-state index contributed by atoms with van der Waals surface area (Å²) in [5.74, 6) is -4.53. The number of hydrogen-bond acceptors (Lipinski definition) is 6. The summed E-state index contributed by atoms with van der Waals surface area (Å²) in [6.07, 6.45) is -4.04. The lowest BCUT2D eigenvalue weighted by Gasteiger charge is -2.23. The van der Waals surface area contributed by atoms with E-state index in [1.165, 1.54) is 24.3 Å². The third-order valence-corrected chi connectivity index (χ3v) is 4.55. The van der Waals surface area contributed by atoms with E-state index < -0.39 is 36.0 Å². The maximum atomic E-state index is 13.0. The fourth-order valence-electron chi connectivity index (χ4n) is 2.95. The summed E-state index contributed by atoms with van der Waals surface area (Å²) >= 11 is 0. The second-order valence-corrected chi connectivity index (χ2v) is 7.08. The number of amides is 1. The fourth-order valence-corrected chi connectivity index (χ4v) is 2.95. The first kappa shape index (κ1) is 23.2. The first-order valence-electron chi connectivity index (χ1n) is 9.97. The number of ether oxygens (including phenoxy) is 2. The molecule has 0 radical (unpaired) electrons. The van der Waals surface area contributed by atoms with Crippen molar-refractivity contribution >= 4 is 29.5 Å². The molecule has 0 saturated carbocycles. The minimum atomic E-state index is -2.09. The van der Waals surface area contributed by atoms with Crippen molar-refractivity contribution in [3.8, 4) is 0 Å². The smallest absolute Gasteiger partial charge is 0.349 e. The van der Waals surface area contributed by atoms with Gasteiger partial charge in [0, 0.05) is 5.69 Å². The Labute approximate surface area is 189 Å². The Morgan fingerprint density at radius 3 is 1.73 bits per heavy atom. The van der Waals surface area contributed by atoms with Crippen molar-refractivity contribution < 1.29 is 33.8 Å². The Morgan fingerprint density at radius 2 is 1.24 bits per heavy atom. The standard InChI is InChI=1S/C25H21NO7/c1-16-9-8-14-19(15-16)26-22(27)20(32-24(30)17-10-4-2-5-11-17)21(23(28)29)33-25(31)18-12-6-3-7-13-18/h2-15,20-21H,1H3,(H,26,27)(H,28,29). The van der Waals surface area contributed by atoms with Gasteiger partial charge in [-0.05, 0) is 48.9 Å². The molecule has 0 heterocycles. The van der Waals surface area contributed by atoms with Crippen LogP contribution in [0.5, 0.6) is 0 Å². The monoisotopic (exact) mass is 447 g/mol. The predicted molar refractivity (Wildman–Crippen MR) is 119 cm³/mol. The summed E-state index contributed by atoms with van der Waals surface area (Å²) in [6, 6.07) is 22.2. The van der Waals surface area contributed by atoms with Crippen LogP contribution in [-0.2, 0) is 19.1 Å². The molecule has 8 nitrogen and oxygen atoms in total. The average Bonchev–Trinajstić information content (AvgIpc) is 2.82. The number of aryl methyl sites for hydroxylation is 1. The Bertz CT molecular complexity index is 1150. The van der Waals surface area contributed by atoms with Gasteiger partial charge in [0.1, 0.15) is 0 Å². The highest BCUT2D eigenvalue weighted by molar-refractivity contribution is 6.01. The number of carboxylic acids is 1. The third kappa shape index (κ3) is 6.27. The molecule has 3 aromatic rings. The SMILES string of the molecule is Cc1cccc(NC(=O)C(OC(=O)c2ccccc2)C(OC(=O)c2ccccc2)C(=O)O)c1. The molecular formula is C25H21NO7. The first-order chi connectivity index (χ1) is 15.8. The maximum absolute atomic E-state index is 13.0. The summed E-state index contributed by atoms with van der Waals surface area (Å²) < 4.78 is 10.4. The van der Waals surface area contributed by atoms with Crippen LogP contribution in [0.3, 0.4) is 0 Å². The van der Waals surface area contributed by atoms with Gasteiger partial charge in [0.15, 0.2) is 0 Å². The Hall–Kier alpha value is -4.46. The van der Waals surface area contributed by atoms with E-state index in [-0.39, 0.29) is 11.1 Å². The highest BCUT2D eigenvalue weighted by Crippen LogP contribution is 2.16. The lowest BCUT2D eigenvalue weighted by molar-refractivity contribution is -0.157. The van der Waals surface area contributed by atoms with Gasteiger partial charge < -0.3 is 19.9 Å². The second kappa shape index (κ2) is 10.7. The van der Waals surface area contributed by atoms with Gasteiger partial charge in [-0.15, -0.1) is 0 Å². The number of aliphatic carboxylic acids is 1. The summed E-state index contributed by atoms with van der Waals surface area (Å²) in [6.45, 7) is 1.81. The number of anilines is 1. The summed E-state index contributed by atoms with van der Waals surface area (Å²) in [4.78, 5) is 50.1. The van der Waals surface area contributed by atoms with E-state index in [9.17, 15) is 24.3 Å². The zero-order valence-corrected chi connectivity index (χ0v) is 17.6. The summed E-state index contributed by atoms with van der Waals surface area (Å²) in [7, 11) is 0. The van der Waals surface area contributed by atoms with Crippen molar-refractivity contribution in [1.29, 1.82) is 0 Å². The highest BCUT2D eigenvalue weighted by Gasteiger charge is 2.41. The molecule has 2 N–H and O–H groups in total. The molecule has 8 heteroatoms. The number of carbonyl (C=O) groups excluding carboxylic acids is 3. The molecule has 0 aliphatic rings. The van der Waals surface area contributed by atoms with Crippen LogP contribution in [0.4, 0.5) is 5.69 Å². The van der Waals surface area contributed by atoms with Gasteiger partial charge in [-0.3, -0.25) is 4.79 Å². The normalized spacial score (nSPS) is 12.2. The maximum Gasteiger partial charge on any atom is 0.349 e. The molecule has 1 amide bonds. The van der Waals surface area contributed by atoms with E-state index in [1.54, 1.807) is 54.6 Å². The predicted octanol–water partition coefficient (Wildman–Crippen LogP) is 3.47. The Morgan fingerprint density at radius 1 is 0.727 bits per heavy atom. The molecule has 0 spiro atoms. The van der Waals surface area contributed by atoms with Crippen LogP contribution in [0.15, 0.2) is 84.9 Å². The molecule has 33 heavy (non-hydrogen) atoms. The van der Waals surface area contributed by atoms with Crippen LogP contribution >= 0.6 is 0 Å². The lowest BCUT2D eigenvalue weighted by Crippen LogP contribution is -2.48. The van der Waals surface area contributed by atoms with Gasteiger partial charge in [0.05, 0.1) is 11.1 Å². The van der Waals surface area contributed by atoms with Gasteiger partial charge in [-0.1, -0.05) is 48.5 Å². The van der Waals surface area contributed by atoms with Crippen molar-refractivity contribution in [2.75, 3.05) is 5.32 Å². The number of rotatable bonds is 8. The lowest BCUT2D eigenvalue weighted by atomic mass is 10.1. The number of carboxylic acid groups (broad SMARTS) is 1. The van der Waals surface area contributed by atoms with Crippen LogP contribution in [0.25, 0.3) is 0 Å². The highest BCUT2D eigenvalue weighted by atomic mass is 16.6. The quantitative estimate of drug-likeness (QED) is 0.508. The van der Waals surface area contributed by atoms with Gasteiger partial charge >= 0.3 is 17.9 Å². The van der Waals surface area contributed by atoms with E-state index in [0.717, 1.165) is 5.56 Å². The van der Waals surface area contributed by atoms with Crippen LogP contribution in [-0.4, -0.2) is 41.1 Å². The van der Waals surface area contributed by atoms with E-state index in [0.29, 0.717) is 5.69 Å². The van der Waals surface area contributed by atoms with Crippen LogP contribution in [0, 0.1) is 6.92 Å². The topological polar surface area (TPSA) is 119 Å². The zero-order chi connectivity index (χ0) is 23.8. The molecule has 0 aliphatic carbocycles. The van der Waals surface area contributed by atoms with Gasteiger partial charge in [0.2, 0.25) is 12.2 Å². The molecule has 2 atom stereocenters. The van der Waals surface area contributed by atoms with Gasteiger partial charge in [0.25, 0.3) is 5.91 Å². The molecule has 3 aromatic carbocycles. The molecule has 0 aliphatic heterocycles. The first-order valence-corrected chi connectivity index (χ1v) is 9.97. The molecule has 0 bridgehead atoms. The minimum Gasteiger partial charge on any atom is -0.478 e. The van der Waals surface area contributed by atoms with Crippen molar-refractivity contribution in [1.82, 2.24) is 0 Å². The molecule has 168 valence electrons. The van der Waals surface area contributed by atoms with Crippen molar-refractivity contribution in [3.63, 3.8) is 0 Å². The number of hydrogen-bond donors (Lipinski definition) is 2. The number of carbonyl (C=O) groups is 4. The number of benzene rings is 3. The molecule has 0 fully saturated rings. The Kier molecular flexibility index (Phi) is 7.54. The minimum absolute atomic E-state index is 0.0796. The van der Waals surface area contributed by atoms with E-state index >= 15 is 0 Å². The molecular weight excluding hydrogens is 426 g/mol. The van der Waals surface area contributed by atoms with Crippen molar-refractivity contribution in [2.24, 2.45) is 0 Å². The van der Waals surface area contributed by atoms with Crippen molar-refractivity contribution in [2.45, 2.75) is 19.1 Å². The molecule has 2 unspecified atom stereocenters.